The minimum Gasteiger partial charge on any atom is -0.323 e. The second-order valence-electron chi connectivity index (χ2n) is 3.53. The first-order valence-corrected chi connectivity index (χ1v) is 4.89. The van der Waals surface area contributed by atoms with E-state index >= 15 is 0 Å². The van der Waals surface area contributed by atoms with Crippen molar-refractivity contribution in [2.45, 2.75) is 12.5 Å². The van der Waals surface area contributed by atoms with Crippen molar-refractivity contribution in [3.8, 4) is 0 Å². The lowest BCUT2D eigenvalue weighted by Crippen LogP contribution is -2.15. The third-order valence-corrected chi connectivity index (χ3v) is 2.26. The maximum Gasteiger partial charge on any atom is 0.176 e. The maximum atomic E-state index is 13.4. The molecule has 16 heavy (non-hydrogen) atoms. The molecular weight excluding hydrogens is 209 g/mol. The number of hydrogen-bond acceptors (Lipinski definition) is 4. The summed E-state index contributed by atoms with van der Waals surface area (Å²) in [6.07, 6.45) is 0.370. The number of benzene rings is 1. The van der Waals surface area contributed by atoms with Gasteiger partial charge in [-0.15, -0.1) is 10.2 Å². The van der Waals surface area contributed by atoms with E-state index in [2.05, 4.69) is 15.4 Å². The Hall–Kier alpha value is -1.82. The lowest BCUT2D eigenvalue weighted by molar-refractivity contribution is 0.573. The van der Waals surface area contributed by atoms with Crippen LogP contribution in [-0.4, -0.2) is 20.2 Å². The van der Waals surface area contributed by atoms with Gasteiger partial charge in [-0.05, 0) is 11.3 Å². The van der Waals surface area contributed by atoms with Gasteiger partial charge in [-0.1, -0.05) is 18.2 Å². The average molecular weight is 221 g/mol. The first-order valence-electron chi connectivity index (χ1n) is 4.89. The molecule has 0 saturated carbocycles. The average Bonchev–Trinajstić information content (AvgIpc) is 2.64. The van der Waals surface area contributed by atoms with Gasteiger partial charge in [0.1, 0.15) is 5.82 Å². The van der Waals surface area contributed by atoms with E-state index in [4.69, 9.17) is 5.73 Å². The zero-order valence-electron chi connectivity index (χ0n) is 8.84. The summed E-state index contributed by atoms with van der Waals surface area (Å²) in [6.45, 7) is 0. The highest BCUT2D eigenvalue weighted by Crippen LogP contribution is 2.16. The monoisotopic (exact) mass is 221 g/mol. The van der Waals surface area contributed by atoms with Crippen LogP contribution in [0.4, 0.5) is 4.39 Å². The smallest absolute Gasteiger partial charge is 0.176 e. The Kier molecular flexibility index (Phi) is 2.91. The normalized spacial score (nSPS) is 12.7. The van der Waals surface area contributed by atoms with Crippen LogP contribution in [0, 0.1) is 5.82 Å². The molecule has 1 aromatic heterocycles. The van der Waals surface area contributed by atoms with Crippen molar-refractivity contribution >= 4 is 0 Å². The minimum absolute atomic E-state index is 0.307. The molecule has 0 aliphatic heterocycles. The molecule has 0 bridgehead atoms. The number of rotatable bonds is 3. The number of nitrogens with two attached hydrogens (primary N) is 1. The molecule has 0 amide bonds. The predicted octanol–water partition coefficient (Wildman–Crippen LogP) is 0.592. The summed E-state index contributed by atoms with van der Waals surface area (Å²) in [4.78, 5) is 1.35. The van der Waals surface area contributed by atoms with E-state index in [1.54, 1.807) is 25.2 Å². The molecule has 6 heteroatoms. The minimum atomic E-state index is -0.453. The van der Waals surface area contributed by atoms with Crippen molar-refractivity contribution in [2.75, 3.05) is 0 Å². The predicted molar refractivity (Wildman–Crippen MR) is 55.8 cm³/mol. The molecule has 0 fully saturated rings. The second-order valence-corrected chi connectivity index (χ2v) is 3.53. The summed E-state index contributed by atoms with van der Waals surface area (Å²) in [7, 11) is 1.67. The van der Waals surface area contributed by atoms with Crippen LogP contribution in [-0.2, 0) is 13.5 Å². The molecule has 2 N–H and O–H groups in total. The molecule has 2 aromatic rings. The van der Waals surface area contributed by atoms with Crippen molar-refractivity contribution in [1.82, 2.24) is 20.2 Å². The Morgan fingerprint density at radius 2 is 2.19 bits per heavy atom. The molecule has 5 nitrogen and oxygen atoms in total. The standard InChI is InChI=1S/C10H12FN5/c1-16-14-10(13-15-16)6-9(12)7-4-2-3-5-8(7)11/h2-5,9H,6,12H2,1H3. The summed E-state index contributed by atoms with van der Waals surface area (Å²) in [5.74, 6) is 0.206. The highest BCUT2D eigenvalue weighted by atomic mass is 19.1. The van der Waals surface area contributed by atoms with Gasteiger partial charge in [0.2, 0.25) is 0 Å². The number of aromatic nitrogens is 4. The zero-order chi connectivity index (χ0) is 11.5. The van der Waals surface area contributed by atoms with Crippen molar-refractivity contribution < 1.29 is 4.39 Å². The number of nitrogens with zero attached hydrogens (tertiary/aromatic N) is 4. The van der Waals surface area contributed by atoms with Gasteiger partial charge in [-0.2, -0.15) is 4.80 Å². The van der Waals surface area contributed by atoms with Crippen LogP contribution in [0.25, 0.3) is 0 Å². The molecule has 1 unspecified atom stereocenters. The van der Waals surface area contributed by atoms with Crippen LogP contribution in [0.5, 0.6) is 0 Å². The van der Waals surface area contributed by atoms with E-state index in [-0.39, 0.29) is 5.82 Å². The topological polar surface area (TPSA) is 69.6 Å². The van der Waals surface area contributed by atoms with Gasteiger partial charge in [0.15, 0.2) is 5.82 Å². The van der Waals surface area contributed by atoms with E-state index in [1.807, 2.05) is 0 Å². The summed E-state index contributed by atoms with van der Waals surface area (Å²) >= 11 is 0. The fourth-order valence-electron chi connectivity index (χ4n) is 1.49. The first-order chi connectivity index (χ1) is 7.66. The van der Waals surface area contributed by atoms with Crippen molar-refractivity contribution in [3.05, 3.63) is 41.5 Å². The quantitative estimate of drug-likeness (QED) is 0.823. The molecule has 1 atom stereocenters. The van der Waals surface area contributed by atoms with Gasteiger partial charge in [0, 0.05) is 18.0 Å². The third-order valence-electron chi connectivity index (χ3n) is 2.26. The number of hydrogen-bond donors (Lipinski definition) is 1. The van der Waals surface area contributed by atoms with Crippen LogP contribution < -0.4 is 5.73 Å². The van der Waals surface area contributed by atoms with Gasteiger partial charge in [0.25, 0.3) is 0 Å². The highest BCUT2D eigenvalue weighted by molar-refractivity contribution is 5.21. The van der Waals surface area contributed by atoms with Crippen molar-refractivity contribution in [2.24, 2.45) is 12.8 Å². The van der Waals surface area contributed by atoms with E-state index in [1.165, 1.54) is 10.9 Å². The fourth-order valence-corrected chi connectivity index (χ4v) is 1.49. The van der Waals surface area contributed by atoms with Crippen LogP contribution in [0.3, 0.4) is 0 Å². The number of aryl methyl sites for hydroxylation is 1. The molecule has 1 heterocycles. The number of tetrazole rings is 1. The maximum absolute atomic E-state index is 13.4. The Labute approximate surface area is 92.1 Å². The lowest BCUT2D eigenvalue weighted by Gasteiger charge is -2.10. The summed E-state index contributed by atoms with van der Waals surface area (Å²) in [5, 5.41) is 11.5. The molecule has 84 valence electrons. The van der Waals surface area contributed by atoms with E-state index in [9.17, 15) is 4.39 Å². The Morgan fingerprint density at radius 1 is 1.44 bits per heavy atom. The molecular formula is C10H12FN5. The van der Waals surface area contributed by atoms with Crippen molar-refractivity contribution in [3.63, 3.8) is 0 Å². The van der Waals surface area contributed by atoms with E-state index in [0.717, 1.165) is 0 Å². The van der Waals surface area contributed by atoms with Crippen LogP contribution in [0.1, 0.15) is 17.4 Å². The van der Waals surface area contributed by atoms with Crippen LogP contribution >= 0.6 is 0 Å². The Balaban J connectivity index is 2.14. The third kappa shape index (κ3) is 2.22. The van der Waals surface area contributed by atoms with E-state index < -0.39 is 6.04 Å². The molecule has 0 saturated heterocycles. The molecule has 1 aromatic carbocycles. The van der Waals surface area contributed by atoms with Gasteiger partial charge in [0.05, 0.1) is 7.05 Å². The molecule has 2 rings (SSSR count). The Morgan fingerprint density at radius 3 is 2.81 bits per heavy atom. The highest BCUT2D eigenvalue weighted by Gasteiger charge is 2.13. The zero-order valence-corrected chi connectivity index (χ0v) is 8.84. The molecule has 0 aliphatic carbocycles. The van der Waals surface area contributed by atoms with Crippen molar-refractivity contribution in [1.29, 1.82) is 0 Å². The molecule has 0 radical (unpaired) electrons. The summed E-state index contributed by atoms with van der Waals surface area (Å²) < 4.78 is 13.4. The van der Waals surface area contributed by atoms with E-state index in [0.29, 0.717) is 17.8 Å². The lowest BCUT2D eigenvalue weighted by atomic mass is 10.0. The first kappa shape index (κ1) is 10.7. The summed E-state index contributed by atoms with van der Waals surface area (Å²) in [6, 6.07) is 5.98. The van der Waals surface area contributed by atoms with Gasteiger partial charge < -0.3 is 5.73 Å². The second kappa shape index (κ2) is 4.36. The van der Waals surface area contributed by atoms with Crippen LogP contribution in [0.2, 0.25) is 0 Å². The largest absolute Gasteiger partial charge is 0.323 e. The molecule has 0 spiro atoms. The Bertz CT molecular complexity index is 482. The summed E-state index contributed by atoms with van der Waals surface area (Å²) in [5.41, 5.74) is 6.35. The van der Waals surface area contributed by atoms with Gasteiger partial charge in [-0.25, -0.2) is 4.39 Å². The number of halogens is 1. The molecule has 0 aliphatic rings. The fraction of sp³-hybridized carbons (Fsp3) is 0.300. The SMILES string of the molecule is Cn1nnc(CC(N)c2ccccc2F)n1. The van der Waals surface area contributed by atoms with Gasteiger partial charge >= 0.3 is 0 Å². The van der Waals surface area contributed by atoms with Crippen LogP contribution in [0.15, 0.2) is 24.3 Å². The van der Waals surface area contributed by atoms with Gasteiger partial charge in [-0.3, -0.25) is 0 Å².